The number of aromatic nitrogens is 1. The molecule has 0 atom stereocenters. The van der Waals surface area contributed by atoms with Crippen LogP contribution in [0.4, 0.5) is 4.79 Å². The zero-order valence-electron chi connectivity index (χ0n) is 14.5. The lowest BCUT2D eigenvalue weighted by Crippen LogP contribution is -2.26. The van der Waals surface area contributed by atoms with Gasteiger partial charge in [0.2, 0.25) is 0 Å². The highest BCUT2D eigenvalue weighted by Crippen LogP contribution is 2.30. The van der Waals surface area contributed by atoms with Gasteiger partial charge in [0.25, 0.3) is 0 Å². The van der Waals surface area contributed by atoms with Crippen LogP contribution in [-0.2, 0) is 11.3 Å². The summed E-state index contributed by atoms with van der Waals surface area (Å²) in [5, 5.41) is 0.929. The van der Waals surface area contributed by atoms with Crippen molar-refractivity contribution < 1.29 is 14.3 Å². The monoisotopic (exact) mass is 401 g/mol. The summed E-state index contributed by atoms with van der Waals surface area (Å²) in [5.41, 5.74) is 1.28. The highest BCUT2D eigenvalue weighted by molar-refractivity contribution is 9.10. The molecule has 0 fully saturated rings. The van der Waals surface area contributed by atoms with Gasteiger partial charge in [-0.2, -0.15) is 0 Å². The maximum absolute atomic E-state index is 12.5. The largest absolute Gasteiger partial charge is 0.489 e. The van der Waals surface area contributed by atoms with Crippen LogP contribution in [0, 0.1) is 0 Å². The molecule has 1 heterocycles. The van der Waals surface area contributed by atoms with Gasteiger partial charge in [-0.1, -0.05) is 30.3 Å². The lowest BCUT2D eigenvalue weighted by atomic mass is 10.2. The van der Waals surface area contributed by atoms with E-state index in [9.17, 15) is 4.79 Å². The summed E-state index contributed by atoms with van der Waals surface area (Å²) in [5.74, 6) is 0.701. The zero-order chi connectivity index (χ0) is 18.0. The summed E-state index contributed by atoms with van der Waals surface area (Å²) in [4.78, 5) is 12.5. The van der Waals surface area contributed by atoms with Gasteiger partial charge >= 0.3 is 6.09 Å². The van der Waals surface area contributed by atoms with Crippen molar-refractivity contribution in [2.75, 3.05) is 0 Å². The maximum Gasteiger partial charge on any atom is 0.419 e. The van der Waals surface area contributed by atoms with Gasteiger partial charge in [0, 0.05) is 22.1 Å². The third-order valence-corrected chi connectivity index (χ3v) is 4.20. The lowest BCUT2D eigenvalue weighted by molar-refractivity contribution is 0.0544. The van der Waals surface area contributed by atoms with Gasteiger partial charge in [0.05, 0.1) is 5.52 Å². The van der Waals surface area contributed by atoms with E-state index in [1.165, 1.54) is 4.57 Å². The summed E-state index contributed by atoms with van der Waals surface area (Å²) in [6.45, 7) is 6.01. The quantitative estimate of drug-likeness (QED) is 0.559. The van der Waals surface area contributed by atoms with Crippen molar-refractivity contribution in [3.05, 3.63) is 64.8 Å². The van der Waals surface area contributed by atoms with E-state index in [0.29, 0.717) is 12.4 Å². The van der Waals surface area contributed by atoms with Crippen molar-refractivity contribution in [1.82, 2.24) is 4.57 Å². The normalized spacial score (nSPS) is 11.5. The summed E-state index contributed by atoms with van der Waals surface area (Å²) < 4.78 is 13.7. The van der Waals surface area contributed by atoms with Crippen LogP contribution in [0.5, 0.6) is 5.75 Å². The molecule has 0 amide bonds. The summed E-state index contributed by atoms with van der Waals surface area (Å²) in [6.07, 6.45) is 1.31. The summed E-state index contributed by atoms with van der Waals surface area (Å²) >= 11 is 3.50. The average molecular weight is 402 g/mol. The van der Waals surface area contributed by atoms with E-state index >= 15 is 0 Å². The fraction of sp³-hybridized carbons (Fsp3) is 0.250. The second kappa shape index (κ2) is 6.92. The minimum atomic E-state index is -0.554. The predicted molar refractivity (Wildman–Crippen MR) is 102 cm³/mol. The molecular weight excluding hydrogens is 382 g/mol. The number of carbonyl (C=O) groups is 1. The predicted octanol–water partition coefficient (Wildman–Crippen LogP) is 5.77. The minimum Gasteiger partial charge on any atom is -0.489 e. The van der Waals surface area contributed by atoms with E-state index in [0.717, 1.165) is 20.9 Å². The van der Waals surface area contributed by atoms with Crippen LogP contribution >= 0.6 is 15.9 Å². The third kappa shape index (κ3) is 4.23. The second-order valence-electron chi connectivity index (χ2n) is 6.78. The molecule has 0 N–H and O–H groups in total. The van der Waals surface area contributed by atoms with Crippen molar-refractivity contribution in [2.24, 2.45) is 0 Å². The Morgan fingerprint density at radius 2 is 1.84 bits per heavy atom. The number of fused-ring (bicyclic) bond motifs is 1. The number of carbonyl (C=O) groups excluding carboxylic acids is 1. The van der Waals surface area contributed by atoms with Gasteiger partial charge in [-0.3, -0.25) is 4.57 Å². The molecule has 0 bridgehead atoms. The molecule has 3 aromatic rings. The maximum atomic E-state index is 12.5. The van der Waals surface area contributed by atoms with E-state index in [4.69, 9.17) is 9.47 Å². The first-order valence-electron chi connectivity index (χ1n) is 8.04. The van der Waals surface area contributed by atoms with E-state index in [-0.39, 0.29) is 0 Å². The molecule has 0 saturated heterocycles. The Labute approximate surface area is 155 Å². The number of halogens is 1. The Bertz CT molecular complexity index is 894. The molecule has 130 valence electrons. The van der Waals surface area contributed by atoms with Crippen molar-refractivity contribution >= 4 is 32.9 Å². The average Bonchev–Trinajstić information content (AvgIpc) is 2.89. The molecule has 4 nitrogen and oxygen atoms in total. The van der Waals surface area contributed by atoms with Crippen LogP contribution in [0.1, 0.15) is 26.3 Å². The molecule has 0 aliphatic rings. The highest BCUT2D eigenvalue weighted by Gasteiger charge is 2.20. The van der Waals surface area contributed by atoms with Crippen LogP contribution in [0.2, 0.25) is 0 Å². The number of hydrogen-bond acceptors (Lipinski definition) is 3. The lowest BCUT2D eigenvalue weighted by Gasteiger charge is -2.19. The van der Waals surface area contributed by atoms with E-state index < -0.39 is 11.7 Å². The zero-order valence-corrected chi connectivity index (χ0v) is 16.0. The Morgan fingerprint density at radius 3 is 2.52 bits per heavy atom. The van der Waals surface area contributed by atoms with Gasteiger partial charge in [-0.05, 0) is 54.4 Å². The van der Waals surface area contributed by atoms with Gasteiger partial charge < -0.3 is 9.47 Å². The molecule has 0 unspecified atom stereocenters. The molecule has 5 heteroatoms. The topological polar surface area (TPSA) is 40.5 Å². The SMILES string of the molecule is CC(C)(C)OC(=O)n1cc(Br)c2ccc(OCc3ccccc3)cc21. The molecule has 0 radical (unpaired) electrons. The Balaban J connectivity index is 1.88. The van der Waals surface area contributed by atoms with Crippen molar-refractivity contribution in [3.63, 3.8) is 0 Å². The van der Waals surface area contributed by atoms with Crippen molar-refractivity contribution in [3.8, 4) is 5.75 Å². The van der Waals surface area contributed by atoms with Gasteiger partial charge in [0.15, 0.2) is 0 Å². The van der Waals surface area contributed by atoms with E-state index in [1.807, 2.05) is 69.3 Å². The molecule has 0 saturated carbocycles. The van der Waals surface area contributed by atoms with Gasteiger partial charge in [-0.25, -0.2) is 4.79 Å². The van der Waals surface area contributed by atoms with Crippen LogP contribution in [0.15, 0.2) is 59.2 Å². The van der Waals surface area contributed by atoms with Crippen LogP contribution in [0.25, 0.3) is 10.9 Å². The first-order chi connectivity index (χ1) is 11.8. The smallest absolute Gasteiger partial charge is 0.419 e. The summed E-state index contributed by atoms with van der Waals surface area (Å²) in [7, 11) is 0. The van der Waals surface area contributed by atoms with E-state index in [2.05, 4.69) is 15.9 Å². The number of hydrogen-bond donors (Lipinski definition) is 0. The standard InChI is InChI=1S/C20H20BrNO3/c1-20(2,3)25-19(23)22-12-17(21)16-10-9-15(11-18(16)22)24-13-14-7-5-4-6-8-14/h4-12H,13H2,1-3H3. The number of rotatable bonds is 3. The van der Waals surface area contributed by atoms with E-state index in [1.54, 1.807) is 6.20 Å². The minimum absolute atomic E-state index is 0.414. The fourth-order valence-electron chi connectivity index (χ4n) is 2.46. The number of ether oxygens (including phenoxy) is 2. The van der Waals surface area contributed by atoms with Crippen LogP contribution < -0.4 is 4.74 Å². The first kappa shape index (κ1) is 17.5. The molecule has 2 aromatic carbocycles. The van der Waals surface area contributed by atoms with Crippen molar-refractivity contribution in [1.29, 1.82) is 0 Å². The molecule has 25 heavy (non-hydrogen) atoms. The van der Waals surface area contributed by atoms with Gasteiger partial charge in [-0.15, -0.1) is 0 Å². The van der Waals surface area contributed by atoms with Crippen LogP contribution in [-0.4, -0.2) is 16.3 Å². The Morgan fingerprint density at radius 1 is 1.12 bits per heavy atom. The molecule has 0 aliphatic carbocycles. The first-order valence-corrected chi connectivity index (χ1v) is 8.83. The Hall–Kier alpha value is -2.27. The third-order valence-electron chi connectivity index (χ3n) is 3.57. The molecule has 0 spiro atoms. The molecule has 1 aromatic heterocycles. The molecular formula is C20H20BrNO3. The van der Waals surface area contributed by atoms with Gasteiger partial charge in [0.1, 0.15) is 18.0 Å². The van der Waals surface area contributed by atoms with Crippen LogP contribution in [0.3, 0.4) is 0 Å². The second-order valence-corrected chi connectivity index (χ2v) is 7.63. The summed E-state index contributed by atoms with van der Waals surface area (Å²) in [6, 6.07) is 15.6. The van der Waals surface area contributed by atoms with Crippen molar-refractivity contribution in [2.45, 2.75) is 33.0 Å². The number of benzene rings is 2. The number of nitrogens with zero attached hydrogens (tertiary/aromatic N) is 1. The fourth-order valence-corrected chi connectivity index (χ4v) is 3.00. The molecule has 3 rings (SSSR count). The Kier molecular flexibility index (Phi) is 4.86. The molecule has 0 aliphatic heterocycles. The highest BCUT2D eigenvalue weighted by atomic mass is 79.9.